The number of ether oxygens (including phenoxy) is 1. The van der Waals surface area contributed by atoms with Crippen LogP contribution in [0.2, 0.25) is 0 Å². The lowest BCUT2D eigenvalue weighted by atomic mass is 9.97. The molecule has 152 valence electrons. The fraction of sp³-hybridized carbons (Fsp3) is 0.375. The van der Waals surface area contributed by atoms with Crippen LogP contribution in [0, 0.1) is 6.92 Å². The normalized spacial score (nSPS) is 15.6. The van der Waals surface area contributed by atoms with Crippen LogP contribution in [-0.4, -0.2) is 17.4 Å². The summed E-state index contributed by atoms with van der Waals surface area (Å²) in [7, 11) is 0. The summed E-state index contributed by atoms with van der Waals surface area (Å²) < 4.78 is 6.05. The molecule has 0 saturated heterocycles. The van der Waals surface area contributed by atoms with Gasteiger partial charge in [0.1, 0.15) is 18.1 Å². The Hall–Kier alpha value is -2.95. The van der Waals surface area contributed by atoms with Crippen molar-refractivity contribution >= 4 is 17.4 Å². The van der Waals surface area contributed by atoms with Gasteiger partial charge >= 0.3 is 0 Å². The van der Waals surface area contributed by atoms with E-state index in [4.69, 9.17) is 4.74 Å². The molecule has 0 aromatic heterocycles. The van der Waals surface area contributed by atoms with Gasteiger partial charge in [-0.2, -0.15) is 5.10 Å². The number of carbonyl (C=O) groups is 2. The number of hydrogen-bond acceptors (Lipinski definition) is 4. The van der Waals surface area contributed by atoms with E-state index in [-0.39, 0.29) is 11.7 Å². The average Bonchev–Trinajstić information content (AvgIpc) is 2.71. The molecule has 0 aliphatic heterocycles. The van der Waals surface area contributed by atoms with Gasteiger partial charge in [0, 0.05) is 24.1 Å². The molecule has 0 bridgehead atoms. The molecule has 0 radical (unpaired) electrons. The highest BCUT2D eigenvalue weighted by molar-refractivity contribution is 6.04. The van der Waals surface area contributed by atoms with Gasteiger partial charge in [-0.15, -0.1) is 0 Å². The van der Waals surface area contributed by atoms with E-state index >= 15 is 0 Å². The molecule has 5 nitrogen and oxygen atoms in total. The molecule has 0 unspecified atom stereocenters. The maximum absolute atomic E-state index is 12.3. The molecule has 5 heteroatoms. The second-order valence-electron chi connectivity index (χ2n) is 7.87. The highest BCUT2D eigenvalue weighted by Crippen LogP contribution is 2.28. The van der Waals surface area contributed by atoms with Crippen LogP contribution in [0.25, 0.3) is 0 Å². The Morgan fingerprint density at radius 3 is 2.59 bits per heavy atom. The van der Waals surface area contributed by atoms with Crippen LogP contribution in [0.1, 0.15) is 72.5 Å². The van der Waals surface area contributed by atoms with Crippen molar-refractivity contribution in [1.82, 2.24) is 5.43 Å². The van der Waals surface area contributed by atoms with Crippen molar-refractivity contribution in [2.45, 2.75) is 59.0 Å². The molecule has 1 aliphatic rings. The van der Waals surface area contributed by atoms with Gasteiger partial charge in [0.25, 0.3) is 5.91 Å². The van der Waals surface area contributed by atoms with Gasteiger partial charge in [-0.25, -0.2) is 5.43 Å². The Kier molecular flexibility index (Phi) is 6.81. The number of amides is 1. The standard InChI is InChI=1S/C24H28N2O3/c1-16(2)22-12-7-17(3)13-23(22)29-15-18-8-10-19(11-9-18)24(28)26-25-20-5-4-6-21(27)14-20/h7-13,16H,4-6,14-15H2,1-3H3,(H,26,28)/b25-20+. The molecule has 2 aromatic carbocycles. The van der Waals surface area contributed by atoms with Crippen LogP contribution >= 0.6 is 0 Å². The van der Waals surface area contributed by atoms with Gasteiger partial charge in [0.05, 0.1) is 0 Å². The van der Waals surface area contributed by atoms with Gasteiger partial charge in [0.15, 0.2) is 0 Å². The first-order valence-corrected chi connectivity index (χ1v) is 10.1. The van der Waals surface area contributed by atoms with Crippen LogP contribution < -0.4 is 10.2 Å². The first kappa shape index (κ1) is 20.8. The number of hydrazone groups is 1. The molecule has 2 aromatic rings. The summed E-state index contributed by atoms with van der Waals surface area (Å²) >= 11 is 0. The van der Waals surface area contributed by atoms with E-state index in [0.29, 0.717) is 30.9 Å². The van der Waals surface area contributed by atoms with E-state index < -0.39 is 0 Å². The Labute approximate surface area is 172 Å². The number of Topliss-reactive ketones (excluding diaryl/α,β-unsaturated/α-hetero) is 1. The molecule has 1 saturated carbocycles. The topological polar surface area (TPSA) is 67.8 Å². The van der Waals surface area contributed by atoms with E-state index in [1.807, 2.05) is 12.1 Å². The summed E-state index contributed by atoms with van der Waals surface area (Å²) in [5.41, 5.74) is 7.17. The minimum atomic E-state index is -0.274. The predicted molar refractivity (Wildman–Crippen MR) is 114 cm³/mol. The third-order valence-corrected chi connectivity index (χ3v) is 5.04. The maximum Gasteiger partial charge on any atom is 0.271 e. The van der Waals surface area contributed by atoms with Crippen LogP contribution in [-0.2, 0) is 11.4 Å². The highest BCUT2D eigenvalue weighted by atomic mass is 16.5. The van der Waals surface area contributed by atoms with Crippen molar-refractivity contribution in [2.24, 2.45) is 5.10 Å². The number of aryl methyl sites for hydroxylation is 1. The molecule has 3 rings (SSSR count). The van der Waals surface area contributed by atoms with Crippen LogP contribution in [0.3, 0.4) is 0 Å². The zero-order chi connectivity index (χ0) is 20.8. The zero-order valence-electron chi connectivity index (χ0n) is 17.3. The fourth-order valence-electron chi connectivity index (χ4n) is 3.34. The monoisotopic (exact) mass is 392 g/mol. The molecule has 1 aliphatic carbocycles. The molecule has 0 heterocycles. The van der Waals surface area contributed by atoms with E-state index in [2.05, 4.69) is 49.5 Å². The quantitative estimate of drug-likeness (QED) is 0.709. The Morgan fingerprint density at radius 2 is 1.90 bits per heavy atom. The lowest BCUT2D eigenvalue weighted by Gasteiger charge is -2.15. The van der Waals surface area contributed by atoms with Crippen molar-refractivity contribution in [2.75, 3.05) is 0 Å². The van der Waals surface area contributed by atoms with Crippen molar-refractivity contribution in [3.8, 4) is 5.75 Å². The SMILES string of the molecule is Cc1ccc(C(C)C)c(OCc2ccc(C(=O)N/N=C3\CCCC(=O)C3)cc2)c1. The average molecular weight is 392 g/mol. The van der Waals surface area contributed by atoms with Crippen molar-refractivity contribution in [1.29, 1.82) is 0 Å². The summed E-state index contributed by atoms with van der Waals surface area (Å²) in [5.74, 6) is 1.20. The van der Waals surface area contributed by atoms with Gasteiger partial charge in [-0.05, 0) is 60.6 Å². The van der Waals surface area contributed by atoms with Gasteiger partial charge in [0.2, 0.25) is 0 Å². The predicted octanol–water partition coefficient (Wildman–Crippen LogP) is 4.93. The first-order chi connectivity index (χ1) is 13.9. The number of ketones is 1. The summed E-state index contributed by atoms with van der Waals surface area (Å²) in [4.78, 5) is 23.7. The van der Waals surface area contributed by atoms with Gasteiger partial charge in [-0.3, -0.25) is 9.59 Å². The maximum atomic E-state index is 12.3. The molecule has 1 fully saturated rings. The minimum absolute atomic E-state index is 0.183. The summed E-state index contributed by atoms with van der Waals surface area (Å²) in [6, 6.07) is 13.6. The largest absolute Gasteiger partial charge is 0.489 e. The zero-order valence-corrected chi connectivity index (χ0v) is 17.3. The minimum Gasteiger partial charge on any atom is -0.489 e. The van der Waals surface area contributed by atoms with E-state index in [1.165, 1.54) is 5.56 Å². The third-order valence-electron chi connectivity index (χ3n) is 5.04. The molecule has 0 atom stereocenters. The van der Waals surface area contributed by atoms with Gasteiger partial charge < -0.3 is 4.74 Å². The Balaban J connectivity index is 1.59. The van der Waals surface area contributed by atoms with Crippen molar-refractivity contribution < 1.29 is 14.3 Å². The number of nitrogens with zero attached hydrogens (tertiary/aromatic N) is 1. The van der Waals surface area contributed by atoms with E-state index in [0.717, 1.165) is 35.4 Å². The van der Waals surface area contributed by atoms with Crippen LogP contribution in [0.4, 0.5) is 0 Å². The third kappa shape index (κ3) is 5.76. The van der Waals surface area contributed by atoms with Crippen molar-refractivity contribution in [3.05, 3.63) is 64.7 Å². The van der Waals surface area contributed by atoms with Gasteiger partial charge in [-0.1, -0.05) is 38.1 Å². The van der Waals surface area contributed by atoms with E-state index in [1.54, 1.807) is 12.1 Å². The molecular weight excluding hydrogens is 364 g/mol. The van der Waals surface area contributed by atoms with Crippen LogP contribution in [0.5, 0.6) is 5.75 Å². The molecule has 29 heavy (non-hydrogen) atoms. The second-order valence-corrected chi connectivity index (χ2v) is 7.87. The Morgan fingerprint density at radius 1 is 1.14 bits per heavy atom. The second kappa shape index (κ2) is 9.50. The number of benzene rings is 2. The first-order valence-electron chi connectivity index (χ1n) is 10.1. The van der Waals surface area contributed by atoms with Crippen molar-refractivity contribution in [3.63, 3.8) is 0 Å². The smallest absolute Gasteiger partial charge is 0.271 e. The van der Waals surface area contributed by atoms with Crippen LogP contribution in [0.15, 0.2) is 47.6 Å². The summed E-state index contributed by atoms with van der Waals surface area (Å²) in [6.45, 7) is 6.79. The summed E-state index contributed by atoms with van der Waals surface area (Å²) in [6.07, 6.45) is 2.52. The number of hydrogen-bond donors (Lipinski definition) is 1. The molecular formula is C24H28N2O3. The highest BCUT2D eigenvalue weighted by Gasteiger charge is 2.15. The number of carbonyl (C=O) groups excluding carboxylic acids is 2. The fourth-order valence-corrected chi connectivity index (χ4v) is 3.34. The molecule has 0 spiro atoms. The lowest BCUT2D eigenvalue weighted by molar-refractivity contribution is -0.118. The van der Waals surface area contributed by atoms with E-state index in [9.17, 15) is 9.59 Å². The number of nitrogens with one attached hydrogen (secondary N) is 1. The molecule has 1 N–H and O–H groups in total. The Bertz CT molecular complexity index is 914. The lowest BCUT2D eigenvalue weighted by Crippen LogP contribution is -2.22. The number of rotatable bonds is 6. The summed E-state index contributed by atoms with van der Waals surface area (Å²) in [5, 5.41) is 4.11. The molecule has 1 amide bonds.